The first-order valence-corrected chi connectivity index (χ1v) is 7.57. The SMILES string of the molecule is CC/C=C/C=C/C1(C)OC(OC)=C(C(=O)/C=C/CCC)C1=O. The van der Waals surface area contributed by atoms with Crippen molar-refractivity contribution in [3.8, 4) is 0 Å². The van der Waals surface area contributed by atoms with E-state index in [2.05, 4.69) is 0 Å². The fraction of sp³-hybridized carbons (Fsp3) is 0.444. The molecule has 4 nitrogen and oxygen atoms in total. The first-order chi connectivity index (χ1) is 10.5. The summed E-state index contributed by atoms with van der Waals surface area (Å²) in [6, 6.07) is 0. The van der Waals surface area contributed by atoms with E-state index in [0.29, 0.717) is 0 Å². The Balaban J connectivity index is 2.98. The maximum Gasteiger partial charge on any atom is 0.295 e. The van der Waals surface area contributed by atoms with Gasteiger partial charge in [0, 0.05) is 0 Å². The van der Waals surface area contributed by atoms with Gasteiger partial charge in [0.25, 0.3) is 5.95 Å². The lowest BCUT2D eigenvalue weighted by Gasteiger charge is -2.18. The third kappa shape index (κ3) is 4.20. The Kier molecular flexibility index (Phi) is 6.83. The smallest absolute Gasteiger partial charge is 0.295 e. The molecule has 0 N–H and O–H groups in total. The molecule has 0 fully saturated rings. The number of carbonyl (C=O) groups excluding carboxylic acids is 2. The van der Waals surface area contributed by atoms with Crippen molar-refractivity contribution < 1.29 is 19.1 Å². The number of ketones is 2. The zero-order valence-electron chi connectivity index (χ0n) is 13.7. The zero-order chi connectivity index (χ0) is 16.6. The minimum atomic E-state index is -1.20. The normalized spacial score (nSPS) is 22.3. The molecule has 0 aromatic carbocycles. The van der Waals surface area contributed by atoms with Crippen LogP contribution in [-0.4, -0.2) is 24.3 Å². The van der Waals surface area contributed by atoms with Crippen molar-refractivity contribution >= 4 is 11.6 Å². The van der Waals surface area contributed by atoms with Crippen LogP contribution in [0.5, 0.6) is 0 Å². The molecule has 0 radical (unpaired) electrons. The molecule has 120 valence electrons. The molecule has 0 amide bonds. The van der Waals surface area contributed by atoms with Crippen LogP contribution in [0.2, 0.25) is 0 Å². The minimum absolute atomic E-state index is 0.0113. The molecule has 0 aliphatic carbocycles. The highest BCUT2D eigenvalue weighted by Crippen LogP contribution is 2.33. The molecule has 4 heteroatoms. The summed E-state index contributed by atoms with van der Waals surface area (Å²) in [6.07, 6.45) is 13.0. The molecule has 0 saturated heterocycles. The van der Waals surface area contributed by atoms with Crippen LogP contribution < -0.4 is 0 Å². The number of ether oxygens (including phenoxy) is 2. The van der Waals surface area contributed by atoms with Crippen LogP contribution in [0.25, 0.3) is 0 Å². The lowest BCUT2D eigenvalue weighted by atomic mass is 9.94. The van der Waals surface area contributed by atoms with Crippen molar-refractivity contribution in [2.75, 3.05) is 7.11 Å². The van der Waals surface area contributed by atoms with Crippen molar-refractivity contribution in [2.45, 2.75) is 45.6 Å². The van der Waals surface area contributed by atoms with Gasteiger partial charge in [-0.15, -0.1) is 0 Å². The van der Waals surface area contributed by atoms with Gasteiger partial charge in [0.2, 0.25) is 5.78 Å². The monoisotopic (exact) mass is 304 g/mol. The fourth-order valence-corrected chi connectivity index (χ4v) is 1.99. The molecule has 0 aromatic heterocycles. The van der Waals surface area contributed by atoms with E-state index in [1.807, 2.05) is 26.0 Å². The maximum atomic E-state index is 12.5. The molecule has 22 heavy (non-hydrogen) atoms. The number of hydrogen-bond donors (Lipinski definition) is 0. The molecule has 0 bridgehead atoms. The average molecular weight is 304 g/mol. The Morgan fingerprint density at radius 3 is 2.59 bits per heavy atom. The van der Waals surface area contributed by atoms with Crippen LogP contribution >= 0.6 is 0 Å². The van der Waals surface area contributed by atoms with E-state index in [1.165, 1.54) is 13.2 Å². The number of Topliss-reactive ketones (excluding diaryl/α,β-unsaturated/α-hetero) is 1. The van der Waals surface area contributed by atoms with Gasteiger partial charge in [-0.2, -0.15) is 0 Å². The van der Waals surface area contributed by atoms with Gasteiger partial charge in [0.05, 0.1) is 7.11 Å². The van der Waals surface area contributed by atoms with Crippen molar-refractivity contribution in [1.29, 1.82) is 0 Å². The number of allylic oxidation sites excluding steroid dienone is 5. The van der Waals surface area contributed by atoms with Gasteiger partial charge in [-0.05, 0) is 31.9 Å². The van der Waals surface area contributed by atoms with E-state index in [0.717, 1.165) is 19.3 Å². The summed E-state index contributed by atoms with van der Waals surface area (Å²) in [7, 11) is 1.39. The Hall–Kier alpha value is -2.10. The van der Waals surface area contributed by atoms with Crippen LogP contribution in [0, 0.1) is 0 Å². The van der Waals surface area contributed by atoms with Gasteiger partial charge < -0.3 is 9.47 Å². The molecule has 1 aliphatic rings. The molecule has 0 spiro atoms. The molecule has 1 atom stereocenters. The molecule has 0 aromatic rings. The van der Waals surface area contributed by atoms with E-state index in [9.17, 15) is 9.59 Å². The first kappa shape index (κ1) is 18.0. The van der Waals surface area contributed by atoms with Crippen molar-refractivity contribution in [2.24, 2.45) is 0 Å². The predicted molar refractivity (Wildman–Crippen MR) is 86.2 cm³/mol. The van der Waals surface area contributed by atoms with Gasteiger partial charge in [-0.25, -0.2) is 0 Å². The van der Waals surface area contributed by atoms with Crippen LogP contribution in [0.3, 0.4) is 0 Å². The van der Waals surface area contributed by atoms with Gasteiger partial charge in [-0.1, -0.05) is 44.6 Å². The summed E-state index contributed by atoms with van der Waals surface area (Å²) in [6.45, 7) is 5.66. The Morgan fingerprint density at radius 2 is 2.00 bits per heavy atom. The topological polar surface area (TPSA) is 52.6 Å². The summed E-state index contributed by atoms with van der Waals surface area (Å²) < 4.78 is 10.6. The summed E-state index contributed by atoms with van der Waals surface area (Å²) in [5.74, 6) is -0.768. The molecule has 0 saturated carbocycles. The maximum absolute atomic E-state index is 12.5. The number of rotatable bonds is 8. The molecule has 1 rings (SSSR count). The van der Waals surface area contributed by atoms with E-state index < -0.39 is 5.60 Å². The third-order valence-electron chi connectivity index (χ3n) is 3.24. The Labute approximate surface area is 132 Å². The third-order valence-corrected chi connectivity index (χ3v) is 3.24. The number of hydrogen-bond acceptors (Lipinski definition) is 4. The van der Waals surface area contributed by atoms with E-state index in [4.69, 9.17) is 9.47 Å². The fourth-order valence-electron chi connectivity index (χ4n) is 1.99. The van der Waals surface area contributed by atoms with Crippen LogP contribution in [0.1, 0.15) is 40.0 Å². The summed E-state index contributed by atoms with van der Waals surface area (Å²) >= 11 is 0. The van der Waals surface area contributed by atoms with Crippen LogP contribution in [0.15, 0.2) is 48.0 Å². The Morgan fingerprint density at radius 1 is 1.27 bits per heavy atom. The van der Waals surface area contributed by atoms with Crippen LogP contribution in [-0.2, 0) is 19.1 Å². The van der Waals surface area contributed by atoms with E-state index >= 15 is 0 Å². The molecule has 1 heterocycles. The highest BCUT2D eigenvalue weighted by Gasteiger charge is 2.47. The number of methoxy groups -OCH3 is 1. The van der Waals surface area contributed by atoms with E-state index in [-0.39, 0.29) is 23.1 Å². The highest BCUT2D eigenvalue weighted by atomic mass is 16.7. The average Bonchev–Trinajstić information content (AvgIpc) is 2.76. The second-order valence-electron chi connectivity index (χ2n) is 5.16. The molecule has 1 aliphatic heterocycles. The first-order valence-electron chi connectivity index (χ1n) is 7.57. The predicted octanol–water partition coefficient (Wildman–Crippen LogP) is 3.65. The lowest BCUT2D eigenvalue weighted by molar-refractivity contribution is -0.128. The zero-order valence-corrected chi connectivity index (χ0v) is 13.7. The van der Waals surface area contributed by atoms with Gasteiger partial charge in [0.15, 0.2) is 11.4 Å². The summed E-state index contributed by atoms with van der Waals surface area (Å²) in [4.78, 5) is 24.7. The van der Waals surface area contributed by atoms with Gasteiger partial charge in [0.1, 0.15) is 5.57 Å². The standard InChI is InChI=1S/C18H24O4/c1-5-7-9-11-13-18(3)16(20)15(17(21-4)22-18)14(19)12-10-8-6-2/h7,9-13H,5-6,8H2,1-4H3/b9-7+,12-10+,13-11+. The second-order valence-corrected chi connectivity index (χ2v) is 5.16. The van der Waals surface area contributed by atoms with Crippen molar-refractivity contribution in [1.82, 2.24) is 0 Å². The lowest BCUT2D eigenvalue weighted by Crippen LogP contribution is -2.32. The number of unbranched alkanes of at least 4 members (excludes halogenated alkanes) is 1. The van der Waals surface area contributed by atoms with Gasteiger partial charge >= 0.3 is 0 Å². The van der Waals surface area contributed by atoms with E-state index in [1.54, 1.807) is 25.2 Å². The molecular weight excluding hydrogens is 280 g/mol. The largest absolute Gasteiger partial charge is 0.468 e. The number of carbonyl (C=O) groups is 2. The second kappa shape index (κ2) is 8.37. The van der Waals surface area contributed by atoms with Gasteiger partial charge in [-0.3, -0.25) is 9.59 Å². The summed E-state index contributed by atoms with van der Waals surface area (Å²) in [5, 5.41) is 0. The Bertz CT molecular complexity index is 537. The highest BCUT2D eigenvalue weighted by molar-refractivity contribution is 6.28. The van der Waals surface area contributed by atoms with Crippen molar-refractivity contribution in [3.63, 3.8) is 0 Å². The molecule has 1 unspecified atom stereocenters. The minimum Gasteiger partial charge on any atom is -0.468 e. The van der Waals surface area contributed by atoms with Crippen LogP contribution in [0.4, 0.5) is 0 Å². The quantitative estimate of drug-likeness (QED) is 0.390. The van der Waals surface area contributed by atoms with Crippen molar-refractivity contribution in [3.05, 3.63) is 48.0 Å². The molecular formula is C18H24O4. The summed E-state index contributed by atoms with van der Waals surface area (Å²) in [5.41, 5.74) is -1.23.